The Labute approximate surface area is 134 Å². The topological polar surface area (TPSA) is 67.8 Å². The average Bonchev–Trinajstić information content (AvgIpc) is 3.29. The van der Waals surface area contributed by atoms with Gasteiger partial charge in [-0.15, -0.1) is 0 Å². The highest BCUT2D eigenvalue weighted by molar-refractivity contribution is 5.75. The Morgan fingerprint density at radius 1 is 1.35 bits per heavy atom. The predicted molar refractivity (Wildman–Crippen MR) is 88.1 cm³/mol. The highest BCUT2D eigenvalue weighted by atomic mass is 16.5. The Morgan fingerprint density at radius 2 is 2.26 bits per heavy atom. The fraction of sp³-hybridized carbons (Fsp3) is 0.412. The molecule has 6 nitrogen and oxygen atoms in total. The zero-order valence-corrected chi connectivity index (χ0v) is 13.2. The van der Waals surface area contributed by atoms with Crippen molar-refractivity contribution in [2.75, 3.05) is 13.2 Å². The standard InChI is InChI=1S/C17H21N5O/c1-22-15-5-3-2-4-12(15)20-16(22)7-9-18-13-8-11-23-17(13)14-6-10-19-21-14/h2-6,10,13,17-18H,7-9,11H2,1H3,(H,19,21)/t13-,17-/m0/s1. The van der Waals surface area contributed by atoms with Crippen LogP contribution >= 0.6 is 0 Å². The smallest absolute Gasteiger partial charge is 0.114 e. The lowest BCUT2D eigenvalue weighted by molar-refractivity contribution is 0.0954. The number of fused-ring (bicyclic) bond motifs is 1. The minimum Gasteiger partial charge on any atom is -0.370 e. The minimum absolute atomic E-state index is 0.0675. The number of nitrogens with zero attached hydrogens (tertiary/aromatic N) is 3. The summed E-state index contributed by atoms with van der Waals surface area (Å²) in [5, 5.41) is 10.6. The van der Waals surface area contributed by atoms with Gasteiger partial charge in [-0.25, -0.2) is 4.98 Å². The van der Waals surface area contributed by atoms with Crippen molar-refractivity contribution in [3.63, 3.8) is 0 Å². The van der Waals surface area contributed by atoms with Crippen LogP contribution in [0.15, 0.2) is 36.5 Å². The zero-order chi connectivity index (χ0) is 15.6. The van der Waals surface area contributed by atoms with Gasteiger partial charge in [-0.1, -0.05) is 12.1 Å². The number of para-hydroxylation sites is 2. The van der Waals surface area contributed by atoms with E-state index in [9.17, 15) is 0 Å². The summed E-state index contributed by atoms with van der Waals surface area (Å²) >= 11 is 0. The van der Waals surface area contributed by atoms with E-state index in [0.717, 1.165) is 43.0 Å². The number of aromatic nitrogens is 4. The molecule has 1 fully saturated rings. The predicted octanol–water partition coefficient (Wildman–Crippen LogP) is 1.96. The van der Waals surface area contributed by atoms with E-state index < -0.39 is 0 Å². The van der Waals surface area contributed by atoms with E-state index in [1.807, 2.05) is 12.1 Å². The van der Waals surface area contributed by atoms with Gasteiger partial charge in [0.25, 0.3) is 0 Å². The second kappa shape index (κ2) is 6.14. The van der Waals surface area contributed by atoms with Gasteiger partial charge < -0.3 is 14.6 Å². The van der Waals surface area contributed by atoms with Crippen LogP contribution in [0.3, 0.4) is 0 Å². The van der Waals surface area contributed by atoms with Gasteiger partial charge in [-0.3, -0.25) is 5.10 Å². The lowest BCUT2D eigenvalue weighted by Gasteiger charge is -2.18. The molecule has 0 bridgehead atoms. The van der Waals surface area contributed by atoms with Crippen LogP contribution in [0.2, 0.25) is 0 Å². The van der Waals surface area contributed by atoms with Crippen LogP contribution in [0.1, 0.15) is 24.0 Å². The molecular formula is C17H21N5O. The van der Waals surface area contributed by atoms with Crippen molar-refractivity contribution in [2.24, 2.45) is 7.05 Å². The van der Waals surface area contributed by atoms with Crippen LogP contribution in [0, 0.1) is 0 Å². The first-order valence-corrected chi connectivity index (χ1v) is 8.07. The summed E-state index contributed by atoms with van der Waals surface area (Å²) in [6.45, 7) is 1.67. The molecular weight excluding hydrogens is 290 g/mol. The maximum atomic E-state index is 5.83. The molecule has 3 aromatic rings. The molecule has 23 heavy (non-hydrogen) atoms. The van der Waals surface area contributed by atoms with Gasteiger partial charge in [0, 0.05) is 38.9 Å². The van der Waals surface area contributed by atoms with Gasteiger partial charge in [0.15, 0.2) is 0 Å². The van der Waals surface area contributed by atoms with Gasteiger partial charge in [0.2, 0.25) is 0 Å². The van der Waals surface area contributed by atoms with Crippen molar-refractivity contribution in [2.45, 2.75) is 25.0 Å². The third kappa shape index (κ3) is 2.75. The van der Waals surface area contributed by atoms with Gasteiger partial charge >= 0.3 is 0 Å². The quantitative estimate of drug-likeness (QED) is 0.756. The second-order valence-electron chi connectivity index (χ2n) is 5.98. The molecule has 3 heterocycles. The van der Waals surface area contributed by atoms with Crippen LogP contribution in [0.5, 0.6) is 0 Å². The lowest BCUT2D eigenvalue weighted by Crippen LogP contribution is -2.33. The molecule has 2 atom stereocenters. The van der Waals surface area contributed by atoms with E-state index in [0.29, 0.717) is 6.04 Å². The molecule has 6 heteroatoms. The van der Waals surface area contributed by atoms with Crippen molar-refractivity contribution in [3.8, 4) is 0 Å². The fourth-order valence-electron chi connectivity index (χ4n) is 3.32. The summed E-state index contributed by atoms with van der Waals surface area (Å²) < 4.78 is 8.01. The van der Waals surface area contributed by atoms with Crippen molar-refractivity contribution < 1.29 is 4.74 Å². The zero-order valence-electron chi connectivity index (χ0n) is 13.2. The van der Waals surface area contributed by atoms with Crippen LogP contribution in [-0.2, 0) is 18.2 Å². The fourth-order valence-corrected chi connectivity index (χ4v) is 3.32. The molecule has 0 aliphatic carbocycles. The molecule has 1 aliphatic heterocycles. The third-order valence-electron chi connectivity index (χ3n) is 4.56. The maximum Gasteiger partial charge on any atom is 0.114 e. The molecule has 4 rings (SSSR count). The summed E-state index contributed by atoms with van der Waals surface area (Å²) in [5.41, 5.74) is 3.29. The molecule has 1 saturated heterocycles. The van der Waals surface area contributed by atoms with Crippen molar-refractivity contribution in [1.29, 1.82) is 0 Å². The molecule has 0 unspecified atom stereocenters. The summed E-state index contributed by atoms with van der Waals surface area (Å²) in [6.07, 6.45) is 3.76. The normalized spacial score (nSPS) is 21.3. The minimum atomic E-state index is 0.0675. The van der Waals surface area contributed by atoms with Gasteiger partial charge in [0.1, 0.15) is 11.9 Å². The number of hydrogen-bond acceptors (Lipinski definition) is 4. The van der Waals surface area contributed by atoms with Gasteiger partial charge in [-0.2, -0.15) is 5.10 Å². The van der Waals surface area contributed by atoms with Crippen molar-refractivity contribution in [1.82, 2.24) is 25.1 Å². The number of H-pyrrole nitrogens is 1. The molecule has 1 aliphatic rings. The Morgan fingerprint density at radius 3 is 3.09 bits per heavy atom. The van der Waals surface area contributed by atoms with E-state index >= 15 is 0 Å². The van der Waals surface area contributed by atoms with E-state index in [1.165, 1.54) is 5.52 Å². The van der Waals surface area contributed by atoms with Crippen LogP contribution in [0.4, 0.5) is 0 Å². The Hall–Kier alpha value is -2.18. The number of benzene rings is 1. The number of ether oxygens (including phenoxy) is 1. The number of imidazole rings is 1. The summed E-state index contributed by atoms with van der Waals surface area (Å²) in [5.74, 6) is 1.11. The van der Waals surface area contributed by atoms with E-state index in [1.54, 1.807) is 6.20 Å². The first kappa shape index (κ1) is 14.4. The third-order valence-corrected chi connectivity index (χ3v) is 4.56. The molecule has 0 radical (unpaired) electrons. The number of aryl methyl sites for hydroxylation is 1. The first-order chi connectivity index (χ1) is 11.3. The van der Waals surface area contributed by atoms with Gasteiger partial charge in [-0.05, 0) is 24.6 Å². The van der Waals surface area contributed by atoms with E-state index in [2.05, 4.69) is 45.3 Å². The largest absolute Gasteiger partial charge is 0.370 e. The Kier molecular flexibility index (Phi) is 3.85. The van der Waals surface area contributed by atoms with Crippen LogP contribution < -0.4 is 5.32 Å². The monoisotopic (exact) mass is 311 g/mol. The number of nitrogens with one attached hydrogen (secondary N) is 2. The highest BCUT2D eigenvalue weighted by Crippen LogP contribution is 2.27. The molecule has 2 aromatic heterocycles. The molecule has 120 valence electrons. The first-order valence-electron chi connectivity index (χ1n) is 8.07. The number of hydrogen-bond donors (Lipinski definition) is 2. The highest BCUT2D eigenvalue weighted by Gasteiger charge is 2.30. The Bertz CT molecular complexity index is 779. The molecule has 0 amide bonds. The molecule has 1 aromatic carbocycles. The lowest BCUT2D eigenvalue weighted by atomic mass is 10.1. The maximum absolute atomic E-state index is 5.83. The van der Waals surface area contributed by atoms with E-state index in [4.69, 9.17) is 9.72 Å². The molecule has 0 spiro atoms. The van der Waals surface area contributed by atoms with Gasteiger partial charge in [0.05, 0.1) is 16.7 Å². The number of aromatic amines is 1. The summed E-state index contributed by atoms with van der Waals surface area (Å²) in [7, 11) is 2.08. The van der Waals surface area contributed by atoms with Crippen LogP contribution in [0.25, 0.3) is 11.0 Å². The summed E-state index contributed by atoms with van der Waals surface area (Å²) in [4.78, 5) is 4.72. The molecule has 2 N–H and O–H groups in total. The van der Waals surface area contributed by atoms with Crippen molar-refractivity contribution >= 4 is 11.0 Å². The Balaban J connectivity index is 1.40. The van der Waals surface area contributed by atoms with Crippen molar-refractivity contribution in [3.05, 3.63) is 48.0 Å². The second-order valence-corrected chi connectivity index (χ2v) is 5.98. The van der Waals surface area contributed by atoms with E-state index in [-0.39, 0.29) is 6.10 Å². The van der Waals surface area contributed by atoms with Crippen LogP contribution in [-0.4, -0.2) is 38.9 Å². The molecule has 0 saturated carbocycles. The SMILES string of the molecule is Cn1c(CCN[C@H]2CCO[C@@H]2c2ccn[nH]2)nc2ccccc21. The average molecular weight is 311 g/mol. The number of rotatable bonds is 5. The summed E-state index contributed by atoms with van der Waals surface area (Å²) in [6, 6.07) is 10.6.